The average Bonchev–Trinajstić information content (AvgIpc) is 3.00. The molecule has 1 aromatic carbocycles. The van der Waals surface area contributed by atoms with Crippen LogP contribution in [0.15, 0.2) is 35.1 Å². The number of benzene rings is 1. The van der Waals surface area contributed by atoms with Crippen molar-refractivity contribution in [3.8, 4) is 5.69 Å². The molecule has 1 aromatic heterocycles. The molecule has 3 rings (SSSR count). The molecule has 2 heterocycles. The summed E-state index contributed by atoms with van der Waals surface area (Å²) >= 11 is 0. The maximum atomic E-state index is 12.9. The Morgan fingerprint density at radius 1 is 1.30 bits per heavy atom. The van der Waals surface area contributed by atoms with Gasteiger partial charge in [0.15, 0.2) is 5.69 Å². The molecule has 2 N–H and O–H groups in total. The minimum Gasteiger partial charge on any atom is -0.336 e. The number of aromatic nitrogens is 2. The maximum Gasteiger partial charge on any atom is 0.416 e. The van der Waals surface area contributed by atoms with Gasteiger partial charge in [-0.1, -0.05) is 6.07 Å². The zero-order chi connectivity index (χ0) is 19.1. The molecule has 0 radical (unpaired) electrons. The van der Waals surface area contributed by atoms with Gasteiger partial charge in [0.25, 0.3) is 5.91 Å². The van der Waals surface area contributed by atoms with Crippen LogP contribution in [-0.4, -0.2) is 39.7 Å². The summed E-state index contributed by atoms with van der Waals surface area (Å²) in [6.45, 7) is 2.27. The quantitative estimate of drug-likeness (QED) is 0.834. The van der Waals surface area contributed by atoms with E-state index in [1.54, 1.807) is 0 Å². The Morgan fingerprint density at radius 3 is 2.59 bits per heavy atom. The molecule has 1 saturated heterocycles. The Bertz CT molecular complexity index is 914. The summed E-state index contributed by atoms with van der Waals surface area (Å²) in [5, 5.41) is 4.04. The molecule has 1 fully saturated rings. The van der Waals surface area contributed by atoms with Gasteiger partial charge in [-0.05, 0) is 31.5 Å². The lowest BCUT2D eigenvalue weighted by molar-refractivity contribution is -0.137. The van der Waals surface area contributed by atoms with E-state index in [0.717, 1.165) is 12.1 Å². The third kappa shape index (κ3) is 4.30. The smallest absolute Gasteiger partial charge is 0.336 e. The van der Waals surface area contributed by atoms with Crippen LogP contribution in [0.4, 0.5) is 13.2 Å². The van der Waals surface area contributed by atoms with Crippen molar-refractivity contribution in [2.75, 3.05) is 13.1 Å². The minimum atomic E-state index is -4.51. The standard InChI is InChI=1S/C17H17F3N4O2.ClH/c1-10-7-14(25)15(16(26)23-6-5-12(21)9-23)22-24(10)13-4-2-3-11(8-13)17(18,19)20;/h2-4,7-8,12H,5-6,9,21H2,1H3;1H/t12-;/m0./s1. The number of alkyl halides is 3. The van der Waals surface area contributed by atoms with Gasteiger partial charge >= 0.3 is 6.18 Å². The first-order valence-corrected chi connectivity index (χ1v) is 8.00. The Kier molecular flexibility index (Phi) is 5.96. The van der Waals surface area contributed by atoms with E-state index in [1.807, 2.05) is 0 Å². The molecule has 0 bridgehead atoms. The van der Waals surface area contributed by atoms with Gasteiger partial charge < -0.3 is 10.6 Å². The van der Waals surface area contributed by atoms with Gasteiger partial charge in [0.1, 0.15) is 0 Å². The average molecular weight is 403 g/mol. The van der Waals surface area contributed by atoms with Crippen molar-refractivity contribution in [2.45, 2.75) is 25.6 Å². The SMILES string of the molecule is Cc1cc(=O)c(C(=O)N2CC[C@H](N)C2)nn1-c1cccc(C(F)(F)F)c1.Cl. The van der Waals surface area contributed by atoms with Gasteiger partial charge in [0, 0.05) is 30.9 Å². The van der Waals surface area contributed by atoms with Crippen molar-refractivity contribution in [3.05, 3.63) is 57.5 Å². The number of aryl methyl sites for hydroxylation is 1. The Balaban J connectivity index is 0.00000261. The van der Waals surface area contributed by atoms with Crippen LogP contribution in [0.3, 0.4) is 0 Å². The zero-order valence-corrected chi connectivity index (χ0v) is 15.2. The first kappa shape index (κ1) is 20.9. The highest BCUT2D eigenvalue weighted by Crippen LogP contribution is 2.30. The highest BCUT2D eigenvalue weighted by atomic mass is 35.5. The molecule has 0 unspecified atom stereocenters. The van der Waals surface area contributed by atoms with E-state index in [0.29, 0.717) is 25.2 Å². The summed E-state index contributed by atoms with van der Waals surface area (Å²) in [5.74, 6) is -0.566. The second kappa shape index (κ2) is 7.69. The molecular weight excluding hydrogens is 385 g/mol. The summed E-state index contributed by atoms with van der Waals surface area (Å²) in [6.07, 6.45) is -3.88. The van der Waals surface area contributed by atoms with Crippen molar-refractivity contribution >= 4 is 18.3 Å². The molecule has 0 aliphatic carbocycles. The van der Waals surface area contributed by atoms with Crippen LogP contribution in [-0.2, 0) is 6.18 Å². The molecule has 2 aromatic rings. The fourth-order valence-corrected chi connectivity index (χ4v) is 2.89. The lowest BCUT2D eigenvalue weighted by Crippen LogP contribution is -2.36. The number of carbonyl (C=O) groups excluding carboxylic acids is 1. The number of amides is 1. The van der Waals surface area contributed by atoms with E-state index in [2.05, 4.69) is 5.10 Å². The molecule has 1 aliphatic rings. The van der Waals surface area contributed by atoms with Gasteiger partial charge in [-0.15, -0.1) is 12.4 Å². The summed E-state index contributed by atoms with van der Waals surface area (Å²) in [6, 6.07) is 5.58. The molecule has 1 atom stereocenters. The van der Waals surface area contributed by atoms with Gasteiger partial charge in [-0.2, -0.15) is 18.3 Å². The predicted molar refractivity (Wildman–Crippen MR) is 95.3 cm³/mol. The molecule has 1 aliphatic heterocycles. The number of nitrogens with two attached hydrogens (primary N) is 1. The zero-order valence-electron chi connectivity index (χ0n) is 14.4. The van der Waals surface area contributed by atoms with Crippen LogP contribution in [0, 0.1) is 6.92 Å². The van der Waals surface area contributed by atoms with E-state index in [4.69, 9.17) is 5.73 Å². The summed E-state index contributed by atoms with van der Waals surface area (Å²) < 4.78 is 40.0. The number of hydrogen-bond acceptors (Lipinski definition) is 4. The van der Waals surface area contributed by atoms with Crippen molar-refractivity contribution in [3.63, 3.8) is 0 Å². The summed E-state index contributed by atoms with van der Waals surface area (Å²) in [4.78, 5) is 26.2. The lowest BCUT2D eigenvalue weighted by Gasteiger charge is -2.17. The molecule has 6 nitrogen and oxygen atoms in total. The Hall–Kier alpha value is -2.39. The third-order valence-electron chi connectivity index (χ3n) is 4.24. The Morgan fingerprint density at radius 2 is 2.00 bits per heavy atom. The van der Waals surface area contributed by atoms with E-state index < -0.39 is 23.1 Å². The first-order valence-electron chi connectivity index (χ1n) is 8.00. The number of likely N-dealkylation sites (tertiary alicyclic amines) is 1. The van der Waals surface area contributed by atoms with Crippen LogP contribution in [0.2, 0.25) is 0 Å². The van der Waals surface area contributed by atoms with Crippen molar-refractivity contribution in [2.24, 2.45) is 5.73 Å². The number of nitrogens with zero attached hydrogens (tertiary/aromatic N) is 3. The van der Waals surface area contributed by atoms with Crippen molar-refractivity contribution in [1.29, 1.82) is 0 Å². The van der Waals surface area contributed by atoms with Crippen LogP contribution in [0.25, 0.3) is 5.69 Å². The normalized spacial score (nSPS) is 16.9. The van der Waals surface area contributed by atoms with Crippen LogP contribution < -0.4 is 11.2 Å². The second-order valence-corrected chi connectivity index (χ2v) is 6.26. The number of halogens is 4. The molecular formula is C17H18ClF3N4O2. The topological polar surface area (TPSA) is 81.2 Å². The third-order valence-corrected chi connectivity index (χ3v) is 4.24. The Labute approximate surface area is 159 Å². The van der Waals surface area contributed by atoms with Crippen LogP contribution >= 0.6 is 12.4 Å². The lowest BCUT2D eigenvalue weighted by atomic mass is 10.2. The van der Waals surface area contributed by atoms with Crippen molar-refractivity contribution in [1.82, 2.24) is 14.7 Å². The highest BCUT2D eigenvalue weighted by molar-refractivity contribution is 5.92. The molecule has 27 heavy (non-hydrogen) atoms. The number of carbonyl (C=O) groups is 1. The summed E-state index contributed by atoms with van der Waals surface area (Å²) in [5.41, 5.74) is 4.47. The fourth-order valence-electron chi connectivity index (χ4n) is 2.89. The first-order chi connectivity index (χ1) is 12.2. The highest BCUT2D eigenvalue weighted by Gasteiger charge is 2.31. The van der Waals surface area contributed by atoms with Gasteiger partial charge in [0.2, 0.25) is 5.43 Å². The largest absolute Gasteiger partial charge is 0.416 e. The van der Waals surface area contributed by atoms with Crippen molar-refractivity contribution < 1.29 is 18.0 Å². The van der Waals surface area contributed by atoms with Crippen LogP contribution in [0.5, 0.6) is 0 Å². The van der Waals surface area contributed by atoms with E-state index in [-0.39, 0.29) is 29.8 Å². The summed E-state index contributed by atoms with van der Waals surface area (Å²) in [7, 11) is 0. The van der Waals surface area contributed by atoms with Crippen LogP contribution in [0.1, 0.15) is 28.2 Å². The van der Waals surface area contributed by atoms with Gasteiger partial charge in [-0.3, -0.25) is 9.59 Å². The predicted octanol–water partition coefficient (Wildman–Crippen LogP) is 2.15. The molecule has 1 amide bonds. The number of rotatable bonds is 2. The monoisotopic (exact) mass is 402 g/mol. The second-order valence-electron chi connectivity index (χ2n) is 6.26. The van der Waals surface area contributed by atoms with Gasteiger partial charge in [-0.25, -0.2) is 4.68 Å². The maximum absolute atomic E-state index is 12.9. The molecule has 10 heteroatoms. The van der Waals surface area contributed by atoms with Gasteiger partial charge in [0.05, 0.1) is 11.3 Å². The molecule has 146 valence electrons. The molecule has 0 saturated carbocycles. The minimum absolute atomic E-state index is 0. The number of hydrogen-bond donors (Lipinski definition) is 1. The van der Waals surface area contributed by atoms with E-state index in [9.17, 15) is 22.8 Å². The van der Waals surface area contributed by atoms with E-state index >= 15 is 0 Å². The van der Waals surface area contributed by atoms with E-state index in [1.165, 1.54) is 34.7 Å². The molecule has 0 spiro atoms. The fraction of sp³-hybridized carbons (Fsp3) is 0.353.